The molecular weight excluding hydrogens is 286 g/mol. The molecule has 0 unspecified atom stereocenters. The lowest BCUT2D eigenvalue weighted by Crippen LogP contribution is -2.23. The molecule has 2 aromatic carbocycles. The monoisotopic (exact) mass is 303 g/mol. The summed E-state index contributed by atoms with van der Waals surface area (Å²) in [4.78, 5) is 19.7. The fourth-order valence-corrected chi connectivity index (χ4v) is 3.16. The molecule has 3 aromatic rings. The maximum Gasteiger partial charge on any atom is 0.263 e. The second kappa shape index (κ2) is 5.39. The number of para-hydroxylation sites is 1. The van der Waals surface area contributed by atoms with Crippen LogP contribution in [0.15, 0.2) is 72.0 Å². The molecule has 0 N–H and O–H groups in total. The van der Waals surface area contributed by atoms with Crippen LogP contribution in [0.4, 0.5) is 5.95 Å². The molecule has 0 bridgehead atoms. The van der Waals surface area contributed by atoms with Crippen molar-refractivity contribution in [3.05, 3.63) is 83.2 Å². The van der Waals surface area contributed by atoms with Gasteiger partial charge in [-0.15, -0.1) is 6.58 Å². The van der Waals surface area contributed by atoms with Gasteiger partial charge >= 0.3 is 0 Å². The van der Waals surface area contributed by atoms with Crippen LogP contribution in [0, 0.1) is 0 Å². The van der Waals surface area contributed by atoms with Gasteiger partial charge in [-0.2, -0.15) is 0 Å². The highest BCUT2D eigenvalue weighted by Crippen LogP contribution is 2.28. The summed E-state index contributed by atoms with van der Waals surface area (Å²) in [7, 11) is 0. The minimum absolute atomic E-state index is 0.00561. The summed E-state index contributed by atoms with van der Waals surface area (Å²) >= 11 is 0. The van der Waals surface area contributed by atoms with Gasteiger partial charge in [-0.05, 0) is 17.7 Å². The van der Waals surface area contributed by atoms with Crippen LogP contribution in [0.1, 0.15) is 11.6 Å². The minimum Gasteiger partial charge on any atom is -0.335 e. The molecule has 0 saturated heterocycles. The number of benzene rings is 2. The number of aromatic nitrogens is 2. The first kappa shape index (κ1) is 13.8. The quantitative estimate of drug-likeness (QED) is 0.698. The summed E-state index contributed by atoms with van der Waals surface area (Å²) in [6, 6.07) is 17.7. The van der Waals surface area contributed by atoms with E-state index in [2.05, 4.69) is 23.6 Å². The number of rotatable bonds is 3. The standard InChI is InChI=1S/C19H17N3O/c1-2-15-13-21(12-14-8-4-3-5-9-14)19-20-17-11-7-6-10-16(17)18(23)22(15)19/h2-11,15H,1,12-13H2/t15-/m1/s1. The Morgan fingerprint density at radius 1 is 1.13 bits per heavy atom. The van der Waals surface area contributed by atoms with Crippen LogP contribution in [0.3, 0.4) is 0 Å². The van der Waals surface area contributed by atoms with E-state index in [1.807, 2.05) is 48.5 Å². The second-order valence-electron chi connectivity index (χ2n) is 5.77. The highest BCUT2D eigenvalue weighted by atomic mass is 16.1. The zero-order chi connectivity index (χ0) is 15.8. The summed E-state index contributed by atoms with van der Waals surface area (Å²) in [6.45, 7) is 5.34. The number of nitrogens with zero attached hydrogens (tertiary/aromatic N) is 3. The van der Waals surface area contributed by atoms with Crippen LogP contribution in [0.2, 0.25) is 0 Å². The molecule has 23 heavy (non-hydrogen) atoms. The molecule has 1 aliphatic rings. The van der Waals surface area contributed by atoms with E-state index in [1.54, 1.807) is 4.57 Å². The topological polar surface area (TPSA) is 38.1 Å². The van der Waals surface area contributed by atoms with Crippen LogP contribution >= 0.6 is 0 Å². The third-order valence-corrected chi connectivity index (χ3v) is 4.30. The van der Waals surface area contributed by atoms with Crippen LogP contribution in [0.5, 0.6) is 0 Å². The van der Waals surface area contributed by atoms with E-state index in [0.29, 0.717) is 5.39 Å². The van der Waals surface area contributed by atoms with Gasteiger partial charge < -0.3 is 4.90 Å². The van der Waals surface area contributed by atoms with Crippen molar-refractivity contribution >= 4 is 16.9 Å². The first-order valence-corrected chi connectivity index (χ1v) is 7.70. The molecule has 114 valence electrons. The molecule has 4 nitrogen and oxygen atoms in total. The van der Waals surface area contributed by atoms with Gasteiger partial charge in [0.15, 0.2) is 0 Å². The van der Waals surface area contributed by atoms with Crippen molar-refractivity contribution in [3.8, 4) is 0 Å². The van der Waals surface area contributed by atoms with Crippen LogP contribution in [-0.4, -0.2) is 16.1 Å². The van der Waals surface area contributed by atoms with Crippen LogP contribution in [-0.2, 0) is 6.54 Å². The molecule has 0 aliphatic carbocycles. The zero-order valence-corrected chi connectivity index (χ0v) is 12.7. The van der Waals surface area contributed by atoms with Crippen molar-refractivity contribution in [1.82, 2.24) is 9.55 Å². The van der Waals surface area contributed by atoms with Crippen LogP contribution < -0.4 is 10.5 Å². The predicted octanol–water partition coefficient (Wildman–Crippen LogP) is 3.14. The van der Waals surface area contributed by atoms with Gasteiger partial charge in [-0.25, -0.2) is 4.98 Å². The molecule has 4 heteroatoms. The number of fused-ring (bicyclic) bond motifs is 2. The third kappa shape index (κ3) is 2.23. The Balaban J connectivity index is 1.86. The Hall–Kier alpha value is -2.88. The highest BCUT2D eigenvalue weighted by Gasteiger charge is 2.29. The lowest BCUT2D eigenvalue weighted by Gasteiger charge is -2.17. The van der Waals surface area contributed by atoms with Crippen molar-refractivity contribution in [2.24, 2.45) is 0 Å². The van der Waals surface area contributed by atoms with Crippen molar-refractivity contribution in [2.45, 2.75) is 12.6 Å². The molecule has 0 spiro atoms. The van der Waals surface area contributed by atoms with Crippen molar-refractivity contribution < 1.29 is 0 Å². The highest BCUT2D eigenvalue weighted by molar-refractivity contribution is 5.79. The Kier molecular flexibility index (Phi) is 3.23. The molecule has 4 rings (SSSR count). The van der Waals surface area contributed by atoms with E-state index >= 15 is 0 Å². The maximum atomic E-state index is 12.8. The van der Waals surface area contributed by atoms with Gasteiger partial charge in [0, 0.05) is 13.1 Å². The largest absolute Gasteiger partial charge is 0.335 e. The predicted molar refractivity (Wildman–Crippen MR) is 92.7 cm³/mol. The Labute approximate surface area is 134 Å². The van der Waals surface area contributed by atoms with Crippen LogP contribution in [0.25, 0.3) is 10.9 Å². The van der Waals surface area contributed by atoms with Gasteiger partial charge in [0.25, 0.3) is 5.56 Å². The molecule has 0 amide bonds. The summed E-state index contributed by atoms with van der Waals surface area (Å²) in [6.07, 6.45) is 1.83. The molecule has 0 saturated carbocycles. The van der Waals surface area contributed by atoms with Crippen molar-refractivity contribution in [2.75, 3.05) is 11.4 Å². The van der Waals surface area contributed by atoms with Gasteiger partial charge in [-0.3, -0.25) is 9.36 Å². The molecule has 1 aromatic heterocycles. The van der Waals surface area contributed by atoms with Crippen molar-refractivity contribution in [3.63, 3.8) is 0 Å². The fourth-order valence-electron chi connectivity index (χ4n) is 3.16. The summed E-state index contributed by atoms with van der Waals surface area (Å²) < 4.78 is 1.76. The normalized spacial score (nSPS) is 16.5. The Bertz CT molecular complexity index is 930. The number of hydrogen-bond acceptors (Lipinski definition) is 3. The second-order valence-corrected chi connectivity index (χ2v) is 5.77. The smallest absolute Gasteiger partial charge is 0.263 e. The average molecular weight is 303 g/mol. The number of anilines is 1. The van der Waals surface area contributed by atoms with E-state index in [4.69, 9.17) is 4.98 Å². The van der Waals surface area contributed by atoms with Gasteiger partial charge in [0.1, 0.15) is 0 Å². The lowest BCUT2D eigenvalue weighted by atomic mass is 10.2. The molecule has 0 radical (unpaired) electrons. The Morgan fingerprint density at radius 3 is 2.65 bits per heavy atom. The summed E-state index contributed by atoms with van der Waals surface area (Å²) in [5.41, 5.74) is 1.95. The van der Waals surface area contributed by atoms with E-state index < -0.39 is 0 Å². The van der Waals surface area contributed by atoms with Gasteiger partial charge in [0.2, 0.25) is 5.95 Å². The average Bonchev–Trinajstić information content (AvgIpc) is 2.94. The first-order valence-electron chi connectivity index (χ1n) is 7.70. The SMILES string of the molecule is C=C[C@@H]1CN(Cc2ccccc2)c2nc3ccccc3c(=O)n21. The third-order valence-electron chi connectivity index (χ3n) is 4.30. The molecule has 2 heterocycles. The summed E-state index contributed by atoms with van der Waals surface area (Å²) in [5, 5.41) is 0.657. The maximum absolute atomic E-state index is 12.8. The molecule has 0 fully saturated rings. The minimum atomic E-state index is -0.0432. The Morgan fingerprint density at radius 2 is 1.87 bits per heavy atom. The fraction of sp³-hybridized carbons (Fsp3) is 0.158. The van der Waals surface area contributed by atoms with Crippen molar-refractivity contribution in [1.29, 1.82) is 0 Å². The molecule has 1 atom stereocenters. The summed E-state index contributed by atoms with van der Waals surface area (Å²) in [5.74, 6) is 0.724. The van der Waals surface area contributed by atoms with E-state index in [0.717, 1.165) is 24.6 Å². The lowest BCUT2D eigenvalue weighted by molar-refractivity contribution is 0.657. The van der Waals surface area contributed by atoms with E-state index in [1.165, 1.54) is 5.56 Å². The first-order chi connectivity index (χ1) is 11.3. The number of hydrogen-bond donors (Lipinski definition) is 0. The van der Waals surface area contributed by atoms with Gasteiger partial charge in [-0.1, -0.05) is 48.5 Å². The van der Waals surface area contributed by atoms with E-state index in [-0.39, 0.29) is 11.6 Å². The zero-order valence-electron chi connectivity index (χ0n) is 12.7. The molecular formula is C19H17N3O. The molecule has 1 aliphatic heterocycles. The van der Waals surface area contributed by atoms with E-state index in [9.17, 15) is 4.79 Å². The van der Waals surface area contributed by atoms with Gasteiger partial charge in [0.05, 0.1) is 16.9 Å².